The number of hydrogen-bond acceptors (Lipinski definition) is 3. The van der Waals surface area contributed by atoms with Crippen LogP contribution in [0.2, 0.25) is 0 Å². The number of para-hydroxylation sites is 1. The lowest BCUT2D eigenvalue weighted by molar-refractivity contribution is 0.322. The molecule has 14 heavy (non-hydrogen) atoms. The van der Waals surface area contributed by atoms with Gasteiger partial charge < -0.3 is 10.2 Å². The number of pyridine rings is 1. The molecule has 0 unspecified atom stereocenters. The summed E-state index contributed by atoms with van der Waals surface area (Å²) in [6.07, 6.45) is 1.12. The van der Waals surface area contributed by atoms with Crippen LogP contribution >= 0.6 is 0 Å². The van der Waals surface area contributed by atoms with E-state index in [-0.39, 0.29) is 5.56 Å². The van der Waals surface area contributed by atoms with Gasteiger partial charge in [0.05, 0.1) is 11.8 Å². The Hall–Kier alpha value is -2.10. The minimum absolute atomic E-state index is 0.262. The normalized spacial score (nSPS) is 11.1. The molecule has 2 N–H and O–H groups in total. The summed E-state index contributed by atoms with van der Waals surface area (Å²) in [5, 5.41) is 12.1. The van der Waals surface area contributed by atoms with E-state index in [1.807, 2.05) is 24.3 Å². The van der Waals surface area contributed by atoms with E-state index in [9.17, 15) is 4.79 Å². The van der Waals surface area contributed by atoms with E-state index in [0.29, 0.717) is 5.56 Å². The molecule has 1 aromatic heterocycles. The second-order valence-electron chi connectivity index (χ2n) is 2.89. The molecule has 1 heterocycles. The summed E-state index contributed by atoms with van der Waals surface area (Å²) in [6, 6.07) is 9.09. The van der Waals surface area contributed by atoms with Crippen LogP contribution in [0.5, 0.6) is 0 Å². The lowest BCUT2D eigenvalue weighted by atomic mass is 10.2. The number of aromatic amines is 1. The molecule has 0 amide bonds. The van der Waals surface area contributed by atoms with Crippen LogP contribution in [0.1, 0.15) is 5.56 Å². The van der Waals surface area contributed by atoms with Crippen LogP contribution in [-0.4, -0.2) is 16.4 Å². The summed E-state index contributed by atoms with van der Waals surface area (Å²) in [5.74, 6) is 0. The molecule has 0 radical (unpaired) electrons. The van der Waals surface area contributed by atoms with Gasteiger partial charge in [0.25, 0.3) is 5.56 Å². The van der Waals surface area contributed by atoms with Crippen molar-refractivity contribution in [1.29, 1.82) is 0 Å². The predicted octanol–water partition coefficient (Wildman–Crippen LogP) is 1.34. The highest BCUT2D eigenvalue weighted by Crippen LogP contribution is 2.08. The summed E-state index contributed by atoms with van der Waals surface area (Å²) in [4.78, 5) is 14.1. The fourth-order valence-electron chi connectivity index (χ4n) is 1.32. The van der Waals surface area contributed by atoms with Crippen LogP contribution in [0.4, 0.5) is 0 Å². The topological polar surface area (TPSA) is 65.5 Å². The number of fused-ring (bicyclic) bond motifs is 1. The van der Waals surface area contributed by atoms with E-state index < -0.39 is 0 Å². The Morgan fingerprint density at radius 2 is 2.14 bits per heavy atom. The Morgan fingerprint density at radius 1 is 1.36 bits per heavy atom. The first-order chi connectivity index (χ1) is 6.81. The fourth-order valence-corrected chi connectivity index (χ4v) is 1.32. The molecule has 4 heteroatoms. The Labute approximate surface area is 79.5 Å². The van der Waals surface area contributed by atoms with Gasteiger partial charge >= 0.3 is 0 Å². The summed E-state index contributed by atoms with van der Waals surface area (Å²) >= 11 is 0. The van der Waals surface area contributed by atoms with Crippen molar-refractivity contribution in [2.45, 2.75) is 0 Å². The molecule has 0 atom stereocenters. The van der Waals surface area contributed by atoms with Crippen LogP contribution in [0.15, 0.2) is 40.3 Å². The van der Waals surface area contributed by atoms with E-state index in [1.54, 1.807) is 6.07 Å². The van der Waals surface area contributed by atoms with Gasteiger partial charge in [-0.25, -0.2) is 0 Å². The van der Waals surface area contributed by atoms with Crippen LogP contribution in [0, 0.1) is 0 Å². The molecule has 0 fully saturated rings. The zero-order valence-corrected chi connectivity index (χ0v) is 7.27. The van der Waals surface area contributed by atoms with Gasteiger partial charge in [-0.05, 0) is 17.5 Å². The second-order valence-corrected chi connectivity index (χ2v) is 2.89. The molecule has 0 aliphatic rings. The first-order valence-electron chi connectivity index (χ1n) is 4.11. The molecular formula is C10H8N2O2. The zero-order chi connectivity index (χ0) is 9.97. The van der Waals surface area contributed by atoms with Crippen LogP contribution < -0.4 is 5.56 Å². The van der Waals surface area contributed by atoms with Crippen LogP contribution in [0.3, 0.4) is 0 Å². The number of benzene rings is 1. The monoisotopic (exact) mass is 188 g/mol. The lowest BCUT2D eigenvalue weighted by Gasteiger charge is -1.97. The SMILES string of the molecule is O=c1[nH]c2ccccc2cc1/C=N/O. The number of nitrogens with zero attached hydrogens (tertiary/aromatic N) is 1. The van der Waals surface area contributed by atoms with Gasteiger partial charge in [0.15, 0.2) is 0 Å². The summed E-state index contributed by atoms with van der Waals surface area (Å²) in [5.41, 5.74) is 0.847. The molecular weight excluding hydrogens is 180 g/mol. The first-order valence-corrected chi connectivity index (χ1v) is 4.11. The van der Waals surface area contributed by atoms with E-state index in [4.69, 9.17) is 5.21 Å². The highest BCUT2D eigenvalue weighted by molar-refractivity contribution is 5.87. The molecule has 0 aliphatic heterocycles. The maximum absolute atomic E-state index is 11.4. The van der Waals surface area contributed by atoms with Crippen LogP contribution in [0.25, 0.3) is 10.9 Å². The molecule has 70 valence electrons. The van der Waals surface area contributed by atoms with Crippen molar-refractivity contribution in [2.75, 3.05) is 0 Å². The Morgan fingerprint density at radius 3 is 2.93 bits per heavy atom. The average Bonchev–Trinajstić information content (AvgIpc) is 2.19. The van der Waals surface area contributed by atoms with Crippen molar-refractivity contribution in [3.05, 3.63) is 46.2 Å². The van der Waals surface area contributed by atoms with Crippen molar-refractivity contribution in [2.24, 2.45) is 5.16 Å². The highest BCUT2D eigenvalue weighted by Gasteiger charge is 1.99. The van der Waals surface area contributed by atoms with Gasteiger partial charge in [-0.3, -0.25) is 4.79 Å². The van der Waals surface area contributed by atoms with E-state index in [0.717, 1.165) is 17.1 Å². The number of H-pyrrole nitrogens is 1. The molecule has 2 aromatic rings. The molecule has 0 bridgehead atoms. The van der Waals surface area contributed by atoms with Crippen molar-refractivity contribution < 1.29 is 5.21 Å². The first kappa shape index (κ1) is 8.50. The van der Waals surface area contributed by atoms with E-state index >= 15 is 0 Å². The zero-order valence-electron chi connectivity index (χ0n) is 7.27. The second kappa shape index (κ2) is 3.33. The van der Waals surface area contributed by atoms with Crippen molar-refractivity contribution >= 4 is 17.1 Å². The van der Waals surface area contributed by atoms with E-state index in [1.165, 1.54) is 0 Å². The van der Waals surface area contributed by atoms with Gasteiger partial charge in [-0.1, -0.05) is 23.4 Å². The quantitative estimate of drug-likeness (QED) is 0.403. The number of nitrogens with one attached hydrogen (secondary N) is 1. The maximum Gasteiger partial charge on any atom is 0.257 e. The Bertz CT molecular complexity index is 543. The summed E-state index contributed by atoms with van der Waals surface area (Å²) in [7, 11) is 0. The number of rotatable bonds is 1. The number of aromatic nitrogens is 1. The minimum atomic E-state index is -0.262. The molecule has 0 spiro atoms. The summed E-state index contributed by atoms with van der Waals surface area (Å²) < 4.78 is 0. The third-order valence-electron chi connectivity index (χ3n) is 1.98. The standard InChI is InChI=1S/C10H8N2O2/c13-10-8(6-11-14)5-7-3-1-2-4-9(7)12-10/h1-6,14H,(H,12,13)/b11-6+. The van der Waals surface area contributed by atoms with Gasteiger partial charge in [0.1, 0.15) is 0 Å². The predicted molar refractivity (Wildman–Crippen MR) is 53.9 cm³/mol. The molecule has 4 nitrogen and oxygen atoms in total. The smallest absolute Gasteiger partial charge is 0.257 e. The Balaban J connectivity index is 2.77. The number of oxime groups is 1. The van der Waals surface area contributed by atoms with Gasteiger partial charge in [0, 0.05) is 5.52 Å². The minimum Gasteiger partial charge on any atom is -0.411 e. The van der Waals surface area contributed by atoms with E-state index in [2.05, 4.69) is 10.1 Å². The largest absolute Gasteiger partial charge is 0.411 e. The van der Waals surface area contributed by atoms with Crippen molar-refractivity contribution in [3.8, 4) is 0 Å². The van der Waals surface area contributed by atoms with Crippen LogP contribution in [-0.2, 0) is 0 Å². The van der Waals surface area contributed by atoms with Gasteiger partial charge in [0.2, 0.25) is 0 Å². The fraction of sp³-hybridized carbons (Fsp3) is 0. The van der Waals surface area contributed by atoms with Crippen molar-refractivity contribution in [1.82, 2.24) is 4.98 Å². The molecule has 0 saturated heterocycles. The lowest BCUT2D eigenvalue weighted by Crippen LogP contribution is -2.11. The van der Waals surface area contributed by atoms with Gasteiger partial charge in [-0.15, -0.1) is 0 Å². The third kappa shape index (κ3) is 1.37. The number of hydrogen-bond donors (Lipinski definition) is 2. The molecule has 0 aliphatic carbocycles. The highest BCUT2D eigenvalue weighted by atomic mass is 16.4. The Kier molecular flexibility index (Phi) is 2.02. The molecule has 1 aromatic carbocycles. The third-order valence-corrected chi connectivity index (χ3v) is 1.98. The summed E-state index contributed by atoms with van der Waals surface area (Å²) in [6.45, 7) is 0. The van der Waals surface area contributed by atoms with Crippen molar-refractivity contribution in [3.63, 3.8) is 0 Å². The van der Waals surface area contributed by atoms with Gasteiger partial charge in [-0.2, -0.15) is 0 Å². The molecule has 0 saturated carbocycles. The maximum atomic E-state index is 11.4. The molecule has 2 rings (SSSR count). The average molecular weight is 188 g/mol.